The van der Waals surface area contributed by atoms with Gasteiger partial charge in [0.05, 0.1) is 0 Å². The number of halogens is 2. The van der Waals surface area contributed by atoms with Gasteiger partial charge >= 0.3 is 149 Å². The summed E-state index contributed by atoms with van der Waals surface area (Å²) >= 11 is -2.32. The molecule has 1 aliphatic heterocycles. The van der Waals surface area contributed by atoms with Gasteiger partial charge in [-0.3, -0.25) is 0 Å². The van der Waals surface area contributed by atoms with Crippen LogP contribution in [0.15, 0.2) is 63.5 Å². The van der Waals surface area contributed by atoms with Crippen molar-refractivity contribution in [2.45, 2.75) is 25.2 Å². The number of hydrogen-bond acceptors (Lipinski definition) is 1. The summed E-state index contributed by atoms with van der Waals surface area (Å²) in [7, 11) is 1.80. The minimum absolute atomic E-state index is 0. The summed E-state index contributed by atoms with van der Waals surface area (Å²) in [5, 5.41) is 0. The summed E-state index contributed by atoms with van der Waals surface area (Å²) in [6.07, 6.45) is 5.97. The fourth-order valence-corrected chi connectivity index (χ4v) is 21.0. The molecule has 1 saturated heterocycles. The van der Waals surface area contributed by atoms with Crippen LogP contribution in [0.2, 0.25) is 8.26 Å². The Balaban J connectivity index is 0.000000980. The molecule has 0 saturated carbocycles. The Morgan fingerprint density at radius 2 is 1.69 bits per heavy atom. The van der Waals surface area contributed by atoms with Gasteiger partial charge < -0.3 is 24.8 Å². The van der Waals surface area contributed by atoms with Crippen molar-refractivity contribution in [3.63, 3.8) is 0 Å². The molecule has 1 heterocycles. The first kappa shape index (κ1) is 19.9. The monoisotopic (exact) mass is 462 g/mol. The van der Waals surface area contributed by atoms with Crippen LogP contribution in [0.4, 0.5) is 0 Å². The predicted octanol–water partition coefficient (Wildman–Crippen LogP) is 0.0110. The second kappa shape index (κ2) is 7.30. The molecular formula is C22H22Cl2OZr. The molecule has 0 amide bonds. The van der Waals surface area contributed by atoms with Gasteiger partial charge in [0.2, 0.25) is 0 Å². The van der Waals surface area contributed by atoms with Gasteiger partial charge in [-0.2, -0.15) is 0 Å². The SMILES string of the molecule is COc1cccc2c1-c1ccccc1[CH]2[Zr+2]1([C]2=C(C)C=CC2)[CH2][CH2]1.[Cl-].[Cl-]. The molecule has 4 heteroatoms. The molecule has 1 nitrogen and oxygen atoms in total. The van der Waals surface area contributed by atoms with Gasteiger partial charge in [-0.15, -0.1) is 0 Å². The van der Waals surface area contributed by atoms with E-state index in [1.807, 2.05) is 3.28 Å². The minimum atomic E-state index is -2.32. The zero-order valence-corrected chi connectivity index (χ0v) is 19.0. The van der Waals surface area contributed by atoms with Crippen molar-refractivity contribution < 1.29 is 49.8 Å². The zero-order valence-electron chi connectivity index (χ0n) is 15.1. The van der Waals surface area contributed by atoms with E-state index < -0.39 is 20.3 Å². The zero-order chi connectivity index (χ0) is 16.3. The fraction of sp³-hybridized carbons (Fsp3) is 0.273. The molecule has 134 valence electrons. The van der Waals surface area contributed by atoms with Gasteiger partial charge in [-0.1, -0.05) is 0 Å². The van der Waals surface area contributed by atoms with Crippen molar-refractivity contribution in [1.82, 2.24) is 0 Å². The van der Waals surface area contributed by atoms with Crippen molar-refractivity contribution in [1.29, 1.82) is 0 Å². The van der Waals surface area contributed by atoms with E-state index in [2.05, 4.69) is 61.5 Å². The van der Waals surface area contributed by atoms with Crippen LogP contribution in [-0.4, -0.2) is 7.11 Å². The number of methoxy groups -OCH3 is 1. The third-order valence-electron chi connectivity index (χ3n) is 6.24. The molecule has 0 spiro atoms. The topological polar surface area (TPSA) is 9.23 Å². The number of hydrogen-bond donors (Lipinski definition) is 0. The third kappa shape index (κ3) is 2.69. The largest absolute Gasteiger partial charge is 1.00 e. The maximum Gasteiger partial charge on any atom is -1.00 e. The summed E-state index contributed by atoms with van der Waals surface area (Å²) in [6.45, 7) is 2.34. The van der Waals surface area contributed by atoms with Crippen LogP contribution < -0.4 is 29.6 Å². The average Bonchev–Trinajstić information content (AvgIpc) is 3.15. The molecule has 1 unspecified atom stereocenters. The first-order chi connectivity index (χ1) is 11.8. The summed E-state index contributed by atoms with van der Waals surface area (Å²) in [4.78, 5) is 0. The normalized spacial score (nSPS) is 19.5. The van der Waals surface area contributed by atoms with E-state index in [0.29, 0.717) is 3.63 Å². The van der Waals surface area contributed by atoms with Crippen molar-refractivity contribution >= 4 is 0 Å². The van der Waals surface area contributed by atoms with E-state index >= 15 is 0 Å². The van der Waals surface area contributed by atoms with Gasteiger partial charge in [0.15, 0.2) is 0 Å². The molecule has 2 aliphatic carbocycles. The number of fused-ring (bicyclic) bond motifs is 3. The van der Waals surface area contributed by atoms with Crippen molar-refractivity contribution in [2.24, 2.45) is 0 Å². The van der Waals surface area contributed by atoms with Gasteiger partial charge in [0, 0.05) is 0 Å². The second-order valence-corrected chi connectivity index (χ2v) is 18.4. The van der Waals surface area contributed by atoms with Crippen molar-refractivity contribution in [2.75, 3.05) is 7.11 Å². The first-order valence-corrected chi connectivity index (χ1v) is 15.0. The van der Waals surface area contributed by atoms with Crippen LogP contribution in [-0.2, 0) is 20.3 Å². The number of allylic oxidation sites excluding steroid dienone is 4. The average molecular weight is 465 g/mol. The van der Waals surface area contributed by atoms with Gasteiger partial charge in [0.25, 0.3) is 0 Å². The maximum atomic E-state index is 5.74. The Morgan fingerprint density at radius 3 is 2.35 bits per heavy atom. The van der Waals surface area contributed by atoms with Gasteiger partial charge in [-0.05, 0) is 0 Å². The van der Waals surface area contributed by atoms with Crippen LogP contribution in [0.5, 0.6) is 5.75 Å². The first-order valence-electron chi connectivity index (χ1n) is 8.89. The van der Waals surface area contributed by atoms with E-state index in [0.717, 1.165) is 5.75 Å². The minimum Gasteiger partial charge on any atom is -1.00 e. The summed E-state index contributed by atoms with van der Waals surface area (Å²) in [5.74, 6) is 1.04. The molecule has 2 aromatic carbocycles. The van der Waals surface area contributed by atoms with Crippen LogP contribution >= 0.6 is 0 Å². The molecule has 0 radical (unpaired) electrons. The van der Waals surface area contributed by atoms with Gasteiger partial charge in [-0.25, -0.2) is 0 Å². The quantitative estimate of drug-likeness (QED) is 0.622. The Labute approximate surface area is 172 Å². The van der Waals surface area contributed by atoms with Gasteiger partial charge in [0.1, 0.15) is 0 Å². The molecule has 0 N–H and O–H groups in total. The maximum absolute atomic E-state index is 5.74. The fourth-order valence-electron chi connectivity index (χ4n) is 5.10. The third-order valence-corrected chi connectivity index (χ3v) is 18.8. The van der Waals surface area contributed by atoms with E-state index in [9.17, 15) is 0 Å². The standard InChI is InChI=1S/C14H11O.C6H7.C2H4.2ClH.Zr/c1-15-13-8-4-6-11-9-10-5-2-3-7-12(10)14(11)13;1-6-4-2-3-5-6;1-2;;;/h2-9H,1H3;2,4H,3H2,1H3;1-2H2;2*1H;/q;;;;;+2/p-2. The molecular weight excluding hydrogens is 442 g/mol. The second-order valence-electron chi connectivity index (χ2n) is 7.37. The molecule has 1 fully saturated rings. The molecule has 0 bridgehead atoms. The Morgan fingerprint density at radius 1 is 0.962 bits per heavy atom. The molecule has 5 rings (SSSR count). The van der Waals surface area contributed by atoms with Crippen molar-refractivity contribution in [3.05, 3.63) is 74.6 Å². The Hall–Kier alpha value is -0.817. The smallest absolute Gasteiger partial charge is 1.00 e. The van der Waals surface area contributed by atoms with E-state index in [1.54, 1.807) is 23.8 Å². The van der Waals surface area contributed by atoms with E-state index in [-0.39, 0.29) is 24.8 Å². The van der Waals surface area contributed by atoms with E-state index in [4.69, 9.17) is 4.74 Å². The summed E-state index contributed by atoms with van der Waals surface area (Å²) in [6, 6.07) is 15.8. The van der Waals surface area contributed by atoms with Crippen LogP contribution in [0.3, 0.4) is 0 Å². The summed E-state index contributed by atoms with van der Waals surface area (Å²) < 4.78 is 11.3. The Kier molecular flexibility index (Phi) is 5.60. The number of ether oxygens (including phenoxy) is 1. The molecule has 1 atom stereocenters. The summed E-state index contributed by atoms with van der Waals surface area (Å²) in [5.41, 5.74) is 7.50. The predicted molar refractivity (Wildman–Crippen MR) is 96.3 cm³/mol. The molecule has 0 aromatic heterocycles. The number of benzene rings is 2. The van der Waals surface area contributed by atoms with Crippen LogP contribution in [0.1, 0.15) is 28.1 Å². The Bertz CT molecular complexity index is 912. The molecule has 26 heavy (non-hydrogen) atoms. The van der Waals surface area contributed by atoms with Crippen molar-refractivity contribution in [3.8, 4) is 16.9 Å². The molecule has 2 aromatic rings. The van der Waals surface area contributed by atoms with E-state index in [1.165, 1.54) is 25.8 Å². The van der Waals surface area contributed by atoms with Crippen LogP contribution in [0, 0.1) is 0 Å². The molecule has 3 aliphatic rings. The number of rotatable bonds is 3. The van der Waals surface area contributed by atoms with Crippen LogP contribution in [0.25, 0.3) is 11.1 Å².